The Balaban J connectivity index is 2.40. The number of aryl methyl sites for hydroxylation is 1. The molecule has 0 atom stereocenters. The number of rotatable bonds is 3. The summed E-state index contributed by atoms with van der Waals surface area (Å²) in [5.74, 6) is -1.53. The maximum Gasteiger partial charge on any atom is 0.168 e. The summed E-state index contributed by atoms with van der Waals surface area (Å²) in [6.07, 6.45) is 0. The van der Waals surface area contributed by atoms with Gasteiger partial charge in [0, 0.05) is 6.07 Å². The summed E-state index contributed by atoms with van der Waals surface area (Å²) in [6, 6.07) is 8.03. The molecule has 5 heteroatoms. The number of nitrogens with two attached hydrogens (primary N) is 1. The largest absolute Gasteiger partial charge is 0.454 e. The third-order valence-corrected chi connectivity index (χ3v) is 2.54. The van der Waals surface area contributed by atoms with Crippen molar-refractivity contribution in [2.24, 2.45) is 5.73 Å². The summed E-state index contributed by atoms with van der Waals surface area (Å²) < 4.78 is 31.6. The Hall–Kier alpha value is -2.43. The molecule has 0 fully saturated rings. The standard InChI is InChI=1S/C14H12F2N2O/c1-8-2-4-12(10(6-8)14(17)18)19-13-5-3-9(15)7-11(13)16/h2-7H,1H3,(H3,17,18). The maximum atomic E-state index is 13.5. The van der Waals surface area contributed by atoms with Gasteiger partial charge in [-0.05, 0) is 31.2 Å². The van der Waals surface area contributed by atoms with E-state index in [9.17, 15) is 8.78 Å². The fraction of sp³-hybridized carbons (Fsp3) is 0.0714. The molecule has 0 saturated carbocycles. The SMILES string of the molecule is Cc1ccc(Oc2ccc(F)cc2F)c(C(=N)N)c1. The van der Waals surface area contributed by atoms with Crippen molar-refractivity contribution < 1.29 is 13.5 Å². The molecule has 0 heterocycles. The van der Waals surface area contributed by atoms with E-state index in [1.54, 1.807) is 18.2 Å². The maximum absolute atomic E-state index is 13.5. The van der Waals surface area contributed by atoms with E-state index in [-0.39, 0.29) is 17.3 Å². The minimum absolute atomic E-state index is 0.118. The van der Waals surface area contributed by atoms with Gasteiger partial charge >= 0.3 is 0 Å². The molecule has 0 aliphatic heterocycles. The number of nitrogen functional groups attached to an aromatic ring is 1. The van der Waals surface area contributed by atoms with Gasteiger partial charge in [0.2, 0.25) is 0 Å². The van der Waals surface area contributed by atoms with Crippen LogP contribution in [0.2, 0.25) is 0 Å². The van der Waals surface area contributed by atoms with Crippen LogP contribution in [0.3, 0.4) is 0 Å². The Kier molecular flexibility index (Phi) is 3.46. The van der Waals surface area contributed by atoms with Crippen molar-refractivity contribution in [2.75, 3.05) is 0 Å². The Morgan fingerprint density at radius 1 is 1.11 bits per heavy atom. The zero-order chi connectivity index (χ0) is 14.0. The van der Waals surface area contributed by atoms with Crippen LogP contribution >= 0.6 is 0 Å². The van der Waals surface area contributed by atoms with Gasteiger partial charge in [-0.1, -0.05) is 11.6 Å². The fourth-order valence-electron chi connectivity index (χ4n) is 1.62. The number of hydrogen-bond donors (Lipinski definition) is 2. The van der Waals surface area contributed by atoms with Gasteiger partial charge in [-0.15, -0.1) is 0 Å². The Morgan fingerprint density at radius 2 is 1.79 bits per heavy atom. The number of ether oxygens (including phenoxy) is 1. The molecule has 3 N–H and O–H groups in total. The first-order valence-electron chi connectivity index (χ1n) is 5.55. The van der Waals surface area contributed by atoms with Crippen LogP contribution in [0, 0.1) is 24.0 Å². The van der Waals surface area contributed by atoms with Gasteiger partial charge in [-0.25, -0.2) is 8.78 Å². The van der Waals surface area contributed by atoms with Gasteiger partial charge in [0.15, 0.2) is 11.6 Å². The Labute approximate surface area is 109 Å². The molecule has 3 nitrogen and oxygen atoms in total. The van der Waals surface area contributed by atoms with E-state index in [4.69, 9.17) is 15.9 Å². The van der Waals surface area contributed by atoms with Crippen molar-refractivity contribution in [3.05, 3.63) is 59.2 Å². The average Bonchev–Trinajstić information content (AvgIpc) is 2.34. The van der Waals surface area contributed by atoms with E-state index in [0.717, 1.165) is 17.7 Å². The number of nitrogens with one attached hydrogen (secondary N) is 1. The molecule has 2 aromatic rings. The fourth-order valence-corrected chi connectivity index (χ4v) is 1.62. The van der Waals surface area contributed by atoms with Crippen molar-refractivity contribution in [3.63, 3.8) is 0 Å². The molecule has 19 heavy (non-hydrogen) atoms. The lowest BCUT2D eigenvalue weighted by atomic mass is 10.1. The third-order valence-electron chi connectivity index (χ3n) is 2.54. The van der Waals surface area contributed by atoms with Crippen molar-refractivity contribution in [3.8, 4) is 11.5 Å². The number of halogens is 2. The lowest BCUT2D eigenvalue weighted by Gasteiger charge is -2.11. The van der Waals surface area contributed by atoms with Gasteiger partial charge in [-0.2, -0.15) is 0 Å². The second kappa shape index (κ2) is 5.06. The van der Waals surface area contributed by atoms with Crippen LogP contribution in [-0.4, -0.2) is 5.84 Å². The Morgan fingerprint density at radius 3 is 2.42 bits per heavy atom. The van der Waals surface area contributed by atoms with Gasteiger partial charge in [0.25, 0.3) is 0 Å². The van der Waals surface area contributed by atoms with Gasteiger partial charge in [0.05, 0.1) is 5.56 Å². The first kappa shape index (κ1) is 13.0. The summed E-state index contributed by atoms with van der Waals surface area (Å²) in [4.78, 5) is 0. The van der Waals surface area contributed by atoms with E-state index < -0.39 is 11.6 Å². The monoisotopic (exact) mass is 262 g/mol. The van der Waals surface area contributed by atoms with Gasteiger partial charge in [0.1, 0.15) is 17.4 Å². The van der Waals surface area contributed by atoms with E-state index in [1.165, 1.54) is 6.07 Å². The van der Waals surface area contributed by atoms with Crippen molar-refractivity contribution in [2.45, 2.75) is 6.92 Å². The van der Waals surface area contributed by atoms with Crippen LogP contribution in [0.5, 0.6) is 11.5 Å². The van der Waals surface area contributed by atoms with Crippen LogP contribution in [0.4, 0.5) is 8.78 Å². The van der Waals surface area contributed by atoms with E-state index >= 15 is 0 Å². The van der Waals surface area contributed by atoms with Crippen molar-refractivity contribution >= 4 is 5.84 Å². The number of amidine groups is 1. The molecule has 0 unspecified atom stereocenters. The smallest absolute Gasteiger partial charge is 0.168 e. The highest BCUT2D eigenvalue weighted by atomic mass is 19.1. The predicted octanol–water partition coefficient (Wildman–Crippen LogP) is 3.35. The van der Waals surface area contributed by atoms with Crippen LogP contribution in [0.1, 0.15) is 11.1 Å². The molecule has 0 spiro atoms. The summed E-state index contributed by atoms with van der Waals surface area (Å²) >= 11 is 0. The first-order valence-corrected chi connectivity index (χ1v) is 5.55. The molecule has 2 aromatic carbocycles. The Bertz CT molecular complexity index is 641. The van der Waals surface area contributed by atoms with E-state index in [2.05, 4.69) is 0 Å². The summed E-state index contributed by atoms with van der Waals surface area (Å²) in [5.41, 5.74) is 6.71. The summed E-state index contributed by atoms with van der Waals surface area (Å²) in [6.45, 7) is 1.84. The topological polar surface area (TPSA) is 59.1 Å². The normalized spacial score (nSPS) is 10.3. The molecule has 0 aromatic heterocycles. The lowest BCUT2D eigenvalue weighted by molar-refractivity contribution is 0.437. The molecule has 98 valence electrons. The molecule has 0 bridgehead atoms. The molecule has 2 rings (SSSR count). The van der Waals surface area contributed by atoms with E-state index in [1.807, 2.05) is 6.92 Å². The highest BCUT2D eigenvalue weighted by molar-refractivity contribution is 5.97. The second-order valence-electron chi connectivity index (χ2n) is 4.09. The van der Waals surface area contributed by atoms with Crippen LogP contribution in [-0.2, 0) is 0 Å². The quantitative estimate of drug-likeness (QED) is 0.658. The van der Waals surface area contributed by atoms with Crippen molar-refractivity contribution in [1.82, 2.24) is 0 Å². The van der Waals surface area contributed by atoms with Gasteiger partial charge < -0.3 is 10.5 Å². The summed E-state index contributed by atoms with van der Waals surface area (Å²) in [5, 5.41) is 7.47. The highest BCUT2D eigenvalue weighted by Crippen LogP contribution is 2.28. The molecular weight excluding hydrogens is 250 g/mol. The summed E-state index contributed by atoms with van der Waals surface area (Å²) in [7, 11) is 0. The van der Waals surface area contributed by atoms with Crippen molar-refractivity contribution in [1.29, 1.82) is 5.41 Å². The zero-order valence-corrected chi connectivity index (χ0v) is 10.2. The zero-order valence-electron chi connectivity index (χ0n) is 10.2. The minimum Gasteiger partial charge on any atom is -0.454 e. The first-order chi connectivity index (χ1) is 8.97. The molecule has 0 saturated heterocycles. The molecule has 0 aliphatic rings. The highest BCUT2D eigenvalue weighted by Gasteiger charge is 2.11. The lowest BCUT2D eigenvalue weighted by Crippen LogP contribution is -2.12. The molecular formula is C14H12F2N2O. The predicted molar refractivity (Wildman–Crippen MR) is 68.6 cm³/mol. The van der Waals surface area contributed by atoms with Gasteiger partial charge in [-0.3, -0.25) is 5.41 Å². The van der Waals surface area contributed by atoms with Crippen LogP contribution in [0.25, 0.3) is 0 Å². The van der Waals surface area contributed by atoms with Crippen LogP contribution in [0.15, 0.2) is 36.4 Å². The van der Waals surface area contributed by atoms with E-state index in [0.29, 0.717) is 5.56 Å². The molecule has 0 radical (unpaired) electrons. The second-order valence-corrected chi connectivity index (χ2v) is 4.09. The van der Waals surface area contributed by atoms with Crippen LogP contribution < -0.4 is 10.5 Å². The third kappa shape index (κ3) is 2.88. The number of benzene rings is 2. The average molecular weight is 262 g/mol. The minimum atomic E-state index is -0.810. The molecule has 0 aliphatic carbocycles. The molecule has 0 amide bonds. The number of hydrogen-bond acceptors (Lipinski definition) is 2.